The van der Waals surface area contributed by atoms with Crippen LogP contribution < -0.4 is 25.4 Å². The molecule has 1 saturated carbocycles. The maximum atomic E-state index is 14.0. The number of aromatic nitrogens is 2. The number of allylic oxidation sites excluding steroid dienone is 1. The Kier molecular flexibility index (Phi) is 8.79. The number of methoxy groups -OCH3 is 2. The van der Waals surface area contributed by atoms with Gasteiger partial charge in [-0.1, -0.05) is 43.0 Å². The van der Waals surface area contributed by atoms with Crippen molar-refractivity contribution in [3.8, 4) is 11.5 Å². The normalized spacial score (nSPS) is 17.0. The molecular formula is C30H34ClN5O4S. The van der Waals surface area contributed by atoms with Gasteiger partial charge in [0.2, 0.25) is 0 Å². The van der Waals surface area contributed by atoms with Crippen LogP contribution in [0, 0.1) is 0 Å². The van der Waals surface area contributed by atoms with Gasteiger partial charge in [-0.2, -0.15) is 5.10 Å². The van der Waals surface area contributed by atoms with Gasteiger partial charge in [-0.3, -0.25) is 9.59 Å². The van der Waals surface area contributed by atoms with Crippen LogP contribution in [0.4, 0.5) is 11.5 Å². The molecule has 5 rings (SSSR count). The maximum absolute atomic E-state index is 14.0. The molecule has 1 aliphatic carbocycles. The number of hydrogen-bond acceptors (Lipinski definition) is 7. The van der Waals surface area contributed by atoms with Crippen LogP contribution >= 0.6 is 23.4 Å². The van der Waals surface area contributed by atoms with Gasteiger partial charge in [0.25, 0.3) is 11.8 Å². The van der Waals surface area contributed by atoms with Crippen LogP contribution in [-0.2, 0) is 4.79 Å². The van der Waals surface area contributed by atoms with E-state index in [0.29, 0.717) is 49.9 Å². The number of fused-ring (bicyclic) bond motifs is 1. The number of amides is 2. The van der Waals surface area contributed by atoms with Crippen molar-refractivity contribution in [2.75, 3.05) is 31.1 Å². The predicted molar refractivity (Wildman–Crippen MR) is 162 cm³/mol. The van der Waals surface area contributed by atoms with Crippen LogP contribution in [0.2, 0.25) is 5.02 Å². The minimum Gasteiger partial charge on any atom is -0.497 e. The molecule has 0 radical (unpaired) electrons. The van der Waals surface area contributed by atoms with Gasteiger partial charge in [-0.25, -0.2) is 4.68 Å². The Morgan fingerprint density at radius 2 is 1.78 bits per heavy atom. The van der Waals surface area contributed by atoms with Gasteiger partial charge >= 0.3 is 0 Å². The summed E-state index contributed by atoms with van der Waals surface area (Å²) in [6.45, 7) is 1.83. The number of nitrogens with one attached hydrogen (secondary N) is 3. The third-order valence-electron chi connectivity index (χ3n) is 7.55. The van der Waals surface area contributed by atoms with Crippen molar-refractivity contribution in [1.29, 1.82) is 0 Å². The summed E-state index contributed by atoms with van der Waals surface area (Å²) >= 11 is 7.62. The Morgan fingerprint density at radius 1 is 1.05 bits per heavy atom. The van der Waals surface area contributed by atoms with E-state index in [1.807, 2.05) is 25.3 Å². The second-order valence-electron chi connectivity index (χ2n) is 10.1. The van der Waals surface area contributed by atoms with Gasteiger partial charge in [0.05, 0.1) is 25.5 Å². The lowest BCUT2D eigenvalue weighted by atomic mass is 9.94. The van der Waals surface area contributed by atoms with Crippen LogP contribution in [-0.4, -0.2) is 48.1 Å². The molecule has 1 aliphatic heterocycles. The molecule has 3 aromatic rings. The number of ether oxygens (including phenoxy) is 2. The second-order valence-corrected chi connectivity index (χ2v) is 11.4. The highest BCUT2D eigenvalue weighted by molar-refractivity contribution is 7.98. The zero-order valence-corrected chi connectivity index (χ0v) is 25.1. The van der Waals surface area contributed by atoms with E-state index in [0.717, 1.165) is 31.2 Å². The van der Waals surface area contributed by atoms with Gasteiger partial charge in [-0.05, 0) is 55.9 Å². The number of hydrogen-bond donors (Lipinski definition) is 3. The molecule has 0 bridgehead atoms. The summed E-state index contributed by atoms with van der Waals surface area (Å²) in [4.78, 5) is 27.6. The third-order valence-corrected chi connectivity index (χ3v) is 8.48. The monoisotopic (exact) mass is 595 g/mol. The molecule has 1 aromatic heterocycles. The van der Waals surface area contributed by atoms with Gasteiger partial charge in [0, 0.05) is 22.8 Å². The number of halogens is 1. The number of nitrogens with zero attached hydrogens (tertiary/aromatic N) is 2. The highest BCUT2D eigenvalue weighted by Gasteiger charge is 2.37. The lowest BCUT2D eigenvalue weighted by Gasteiger charge is -2.30. The zero-order valence-electron chi connectivity index (χ0n) is 23.5. The average Bonchev–Trinajstić information content (AvgIpc) is 3.35. The minimum absolute atomic E-state index is 0.148. The molecule has 1 atom stereocenters. The van der Waals surface area contributed by atoms with E-state index in [-0.39, 0.29) is 17.9 Å². The lowest BCUT2D eigenvalue weighted by Crippen LogP contribution is -2.37. The number of thioether (sulfide) groups is 1. The van der Waals surface area contributed by atoms with Crippen molar-refractivity contribution in [2.45, 2.75) is 56.1 Å². The Labute approximate surface area is 249 Å². The number of benzene rings is 2. The molecule has 1 fully saturated rings. The molecule has 41 heavy (non-hydrogen) atoms. The topological polar surface area (TPSA) is 107 Å². The van der Waals surface area contributed by atoms with E-state index in [2.05, 4.69) is 16.0 Å². The maximum Gasteiger partial charge on any atom is 0.258 e. The van der Waals surface area contributed by atoms with E-state index in [1.165, 1.54) is 25.3 Å². The number of carbonyl (C=O) groups is 2. The first-order valence-corrected chi connectivity index (χ1v) is 15.2. The fraction of sp³-hybridized carbons (Fsp3) is 0.367. The van der Waals surface area contributed by atoms with E-state index < -0.39 is 6.04 Å². The van der Waals surface area contributed by atoms with Gasteiger partial charge in [0.15, 0.2) is 0 Å². The number of rotatable bonds is 8. The summed E-state index contributed by atoms with van der Waals surface area (Å²) in [6, 6.07) is 12.0. The Bertz CT molecular complexity index is 1480. The van der Waals surface area contributed by atoms with Crippen molar-refractivity contribution in [3.05, 3.63) is 69.9 Å². The molecule has 2 aromatic carbocycles. The molecule has 3 N–H and O–H groups in total. The third kappa shape index (κ3) is 5.90. The van der Waals surface area contributed by atoms with Crippen LogP contribution in [0.1, 0.15) is 61.0 Å². The summed E-state index contributed by atoms with van der Waals surface area (Å²) in [5, 5.41) is 15.6. The Hall–Kier alpha value is -3.63. The first-order valence-electron chi connectivity index (χ1n) is 13.6. The quantitative estimate of drug-likeness (QED) is 0.264. The van der Waals surface area contributed by atoms with Gasteiger partial charge in [-0.15, -0.1) is 11.8 Å². The Balaban J connectivity index is 1.56. The average molecular weight is 596 g/mol. The summed E-state index contributed by atoms with van der Waals surface area (Å²) in [5.74, 6) is 1.14. The van der Waals surface area contributed by atoms with Crippen molar-refractivity contribution < 1.29 is 19.1 Å². The lowest BCUT2D eigenvalue weighted by molar-refractivity contribution is -0.113. The SMILES string of the molecule is COc1ccc(NC(=O)C2=C(C)Nc3c(C(=O)NC4CCCCC4)c(SC)nn3C2c2ccc(Cl)cc2)c(OC)c1. The van der Waals surface area contributed by atoms with Crippen molar-refractivity contribution in [1.82, 2.24) is 15.1 Å². The molecule has 2 aliphatic rings. The van der Waals surface area contributed by atoms with Crippen molar-refractivity contribution in [3.63, 3.8) is 0 Å². The summed E-state index contributed by atoms with van der Waals surface area (Å²) < 4.78 is 12.5. The minimum atomic E-state index is -0.616. The number of carbonyl (C=O) groups excluding carboxylic acids is 2. The van der Waals surface area contributed by atoms with E-state index in [9.17, 15) is 9.59 Å². The molecule has 1 unspecified atom stereocenters. The summed E-state index contributed by atoms with van der Waals surface area (Å²) in [6.07, 6.45) is 7.27. The zero-order chi connectivity index (χ0) is 29.1. The summed E-state index contributed by atoms with van der Waals surface area (Å²) in [5.41, 5.74) is 2.85. The highest BCUT2D eigenvalue weighted by atomic mass is 35.5. The smallest absolute Gasteiger partial charge is 0.258 e. The first kappa shape index (κ1) is 28.9. The largest absolute Gasteiger partial charge is 0.497 e. The van der Waals surface area contributed by atoms with Crippen molar-refractivity contribution >= 4 is 46.7 Å². The van der Waals surface area contributed by atoms with Gasteiger partial charge in [0.1, 0.15) is 33.9 Å². The van der Waals surface area contributed by atoms with Crippen LogP contribution in [0.5, 0.6) is 11.5 Å². The standard InChI is InChI=1S/C30H34ClN5O4S/c1-17-24(28(37)34-22-15-14-21(39-2)16-23(22)40-3)26(18-10-12-19(31)13-11-18)36-27(32-17)25(30(35-36)41-4)29(38)33-20-8-6-5-7-9-20/h10-16,20,26,32H,5-9H2,1-4H3,(H,33,38)(H,34,37). The summed E-state index contributed by atoms with van der Waals surface area (Å²) in [7, 11) is 3.10. The van der Waals surface area contributed by atoms with Crippen LogP contribution in [0.3, 0.4) is 0 Å². The number of anilines is 2. The second kappa shape index (κ2) is 12.5. The molecule has 9 nitrogen and oxygen atoms in total. The molecule has 11 heteroatoms. The first-order chi connectivity index (χ1) is 19.8. The molecule has 2 amide bonds. The van der Waals surface area contributed by atoms with Gasteiger partial charge < -0.3 is 25.4 Å². The molecule has 0 saturated heterocycles. The fourth-order valence-corrected chi connectivity index (χ4v) is 6.17. The Morgan fingerprint density at radius 3 is 2.44 bits per heavy atom. The van der Waals surface area contributed by atoms with E-state index in [1.54, 1.807) is 42.1 Å². The van der Waals surface area contributed by atoms with Crippen LogP contribution in [0.15, 0.2) is 58.8 Å². The van der Waals surface area contributed by atoms with Crippen molar-refractivity contribution in [2.24, 2.45) is 0 Å². The molecule has 2 heterocycles. The highest BCUT2D eigenvalue weighted by Crippen LogP contribution is 2.41. The molecule has 216 valence electrons. The van der Waals surface area contributed by atoms with Crippen LogP contribution in [0.25, 0.3) is 0 Å². The molecule has 0 spiro atoms. The fourth-order valence-electron chi connectivity index (χ4n) is 5.48. The van der Waals surface area contributed by atoms with E-state index >= 15 is 0 Å². The molecular weight excluding hydrogens is 562 g/mol. The predicted octanol–water partition coefficient (Wildman–Crippen LogP) is 6.27. The van der Waals surface area contributed by atoms with E-state index in [4.69, 9.17) is 26.2 Å².